The van der Waals surface area contributed by atoms with E-state index in [2.05, 4.69) is 10.1 Å². The van der Waals surface area contributed by atoms with Gasteiger partial charge in [-0.2, -0.15) is 0 Å². The van der Waals surface area contributed by atoms with Crippen LogP contribution in [0.2, 0.25) is 10.0 Å². The van der Waals surface area contributed by atoms with Crippen LogP contribution in [-0.4, -0.2) is 24.1 Å². The Balaban J connectivity index is 2.13. The Bertz CT molecular complexity index is 818. The van der Waals surface area contributed by atoms with Crippen molar-refractivity contribution in [3.8, 4) is 5.75 Å². The van der Waals surface area contributed by atoms with Crippen LogP contribution in [0.3, 0.4) is 0 Å². The SMILES string of the molecule is COC(=O)c1cccc(NC(=O)/C=C/c2ccc(Cl)c(Cl)c2)c1O. The van der Waals surface area contributed by atoms with Gasteiger partial charge in [0, 0.05) is 6.08 Å². The molecule has 0 saturated carbocycles. The number of carbonyl (C=O) groups excluding carboxylic acids is 2. The van der Waals surface area contributed by atoms with Crippen LogP contribution in [0.15, 0.2) is 42.5 Å². The number of carbonyl (C=O) groups is 2. The number of ether oxygens (including phenoxy) is 1. The van der Waals surface area contributed by atoms with Crippen LogP contribution in [-0.2, 0) is 9.53 Å². The van der Waals surface area contributed by atoms with Gasteiger partial charge in [-0.3, -0.25) is 4.79 Å². The number of hydrogen-bond acceptors (Lipinski definition) is 4. The van der Waals surface area contributed by atoms with Gasteiger partial charge in [-0.15, -0.1) is 0 Å². The number of anilines is 1. The second-order valence-corrected chi connectivity index (χ2v) is 5.50. The molecule has 0 unspecified atom stereocenters. The molecular formula is C17H13Cl2NO4. The van der Waals surface area contributed by atoms with Crippen LogP contribution in [0, 0.1) is 0 Å². The molecule has 7 heteroatoms. The van der Waals surface area contributed by atoms with Gasteiger partial charge in [-0.25, -0.2) is 4.79 Å². The Morgan fingerprint density at radius 1 is 1.17 bits per heavy atom. The van der Waals surface area contributed by atoms with Crippen molar-refractivity contribution >= 4 is 46.8 Å². The molecule has 0 atom stereocenters. The maximum atomic E-state index is 12.0. The number of phenolic OH excluding ortho intramolecular Hbond substituents is 1. The first-order valence-corrected chi connectivity index (χ1v) is 7.52. The van der Waals surface area contributed by atoms with Gasteiger partial charge in [0.25, 0.3) is 0 Å². The number of amides is 1. The number of para-hydroxylation sites is 1. The van der Waals surface area contributed by atoms with E-state index in [9.17, 15) is 14.7 Å². The van der Waals surface area contributed by atoms with Gasteiger partial charge in [0.05, 0.1) is 22.8 Å². The first-order valence-electron chi connectivity index (χ1n) is 6.76. The van der Waals surface area contributed by atoms with E-state index in [0.29, 0.717) is 15.6 Å². The highest BCUT2D eigenvalue weighted by Gasteiger charge is 2.15. The van der Waals surface area contributed by atoms with E-state index < -0.39 is 11.9 Å². The first kappa shape index (κ1) is 17.8. The molecule has 5 nitrogen and oxygen atoms in total. The second-order valence-electron chi connectivity index (χ2n) is 4.69. The summed E-state index contributed by atoms with van der Waals surface area (Å²) >= 11 is 11.7. The first-order chi connectivity index (χ1) is 11.4. The Hall–Kier alpha value is -2.50. The monoisotopic (exact) mass is 365 g/mol. The summed E-state index contributed by atoms with van der Waals surface area (Å²) in [7, 11) is 1.20. The van der Waals surface area contributed by atoms with Gasteiger partial charge < -0.3 is 15.2 Å². The number of methoxy groups -OCH3 is 1. The van der Waals surface area contributed by atoms with E-state index >= 15 is 0 Å². The Kier molecular flexibility index (Phi) is 5.84. The van der Waals surface area contributed by atoms with Crippen LogP contribution in [0.4, 0.5) is 5.69 Å². The summed E-state index contributed by atoms with van der Waals surface area (Å²) in [6.45, 7) is 0. The van der Waals surface area contributed by atoms with Crippen molar-refractivity contribution in [3.63, 3.8) is 0 Å². The van der Waals surface area contributed by atoms with Gasteiger partial charge in [0.1, 0.15) is 5.56 Å². The van der Waals surface area contributed by atoms with E-state index in [1.54, 1.807) is 24.3 Å². The minimum absolute atomic E-state index is 0.0382. The lowest BCUT2D eigenvalue weighted by Gasteiger charge is -2.08. The molecular weight excluding hydrogens is 353 g/mol. The number of phenols is 1. The molecule has 0 radical (unpaired) electrons. The number of aromatic hydroxyl groups is 1. The third-order valence-electron chi connectivity index (χ3n) is 3.07. The van der Waals surface area contributed by atoms with Crippen LogP contribution in [0.5, 0.6) is 5.75 Å². The van der Waals surface area contributed by atoms with Crippen molar-refractivity contribution in [1.82, 2.24) is 0 Å². The van der Waals surface area contributed by atoms with Crippen LogP contribution < -0.4 is 5.32 Å². The molecule has 2 aromatic carbocycles. The largest absolute Gasteiger partial charge is 0.505 e. The standard InChI is InChI=1S/C17H13Cl2NO4/c1-24-17(23)11-3-2-4-14(16(11)22)20-15(21)8-6-10-5-7-12(18)13(19)9-10/h2-9,22H,1H3,(H,20,21)/b8-6+. The topological polar surface area (TPSA) is 75.6 Å². The minimum Gasteiger partial charge on any atom is -0.505 e. The minimum atomic E-state index is -0.699. The smallest absolute Gasteiger partial charge is 0.341 e. The predicted molar refractivity (Wildman–Crippen MR) is 93.6 cm³/mol. The normalized spacial score (nSPS) is 10.6. The zero-order chi connectivity index (χ0) is 17.7. The van der Waals surface area contributed by atoms with E-state index in [1.807, 2.05) is 0 Å². The van der Waals surface area contributed by atoms with Gasteiger partial charge in [0.2, 0.25) is 5.91 Å². The summed E-state index contributed by atoms with van der Waals surface area (Å²) in [4.78, 5) is 23.5. The van der Waals surface area contributed by atoms with Crippen molar-refractivity contribution < 1.29 is 19.4 Å². The van der Waals surface area contributed by atoms with Crippen LogP contribution in [0.25, 0.3) is 6.08 Å². The molecule has 0 aliphatic carbocycles. The summed E-state index contributed by atoms with van der Waals surface area (Å²) in [6.07, 6.45) is 2.81. The Morgan fingerprint density at radius 3 is 2.58 bits per heavy atom. The van der Waals surface area contributed by atoms with Crippen molar-refractivity contribution in [2.24, 2.45) is 0 Å². The molecule has 2 N–H and O–H groups in total. The molecule has 0 aliphatic heterocycles. The summed E-state index contributed by atoms with van der Waals surface area (Å²) in [5, 5.41) is 13.3. The third-order valence-corrected chi connectivity index (χ3v) is 3.81. The van der Waals surface area contributed by atoms with Crippen molar-refractivity contribution in [1.29, 1.82) is 0 Å². The summed E-state index contributed by atoms with van der Waals surface area (Å²) in [5.74, 6) is -1.55. The highest BCUT2D eigenvalue weighted by Crippen LogP contribution is 2.28. The molecule has 0 fully saturated rings. The number of esters is 1. The Labute approximate surface area is 148 Å². The fourth-order valence-electron chi connectivity index (χ4n) is 1.88. The molecule has 2 rings (SSSR count). The summed E-state index contributed by atoms with van der Waals surface area (Å²) in [6, 6.07) is 9.31. The zero-order valence-electron chi connectivity index (χ0n) is 12.5. The third kappa shape index (κ3) is 4.28. The van der Waals surface area contributed by atoms with Crippen LogP contribution >= 0.6 is 23.2 Å². The lowest BCUT2D eigenvalue weighted by atomic mass is 10.1. The molecule has 0 saturated heterocycles. The lowest BCUT2D eigenvalue weighted by Crippen LogP contribution is -2.09. The zero-order valence-corrected chi connectivity index (χ0v) is 14.1. The van der Waals surface area contributed by atoms with Gasteiger partial charge >= 0.3 is 5.97 Å². The lowest BCUT2D eigenvalue weighted by molar-refractivity contribution is -0.111. The number of nitrogens with one attached hydrogen (secondary N) is 1. The van der Waals surface area contributed by atoms with Crippen molar-refractivity contribution in [2.45, 2.75) is 0 Å². The van der Waals surface area contributed by atoms with Gasteiger partial charge in [-0.05, 0) is 35.9 Å². The molecule has 0 aromatic heterocycles. The second kappa shape index (κ2) is 7.86. The highest BCUT2D eigenvalue weighted by atomic mass is 35.5. The quantitative estimate of drug-likeness (QED) is 0.485. The Morgan fingerprint density at radius 2 is 1.92 bits per heavy atom. The maximum absolute atomic E-state index is 12.0. The van der Waals surface area contributed by atoms with Gasteiger partial charge in [-0.1, -0.05) is 35.3 Å². The predicted octanol–water partition coefficient (Wildman–Crippen LogP) is 4.14. The number of rotatable bonds is 4. The van der Waals surface area contributed by atoms with Crippen molar-refractivity contribution in [3.05, 3.63) is 63.6 Å². The average molecular weight is 366 g/mol. The van der Waals surface area contributed by atoms with E-state index in [-0.39, 0.29) is 17.0 Å². The fraction of sp³-hybridized carbons (Fsp3) is 0.0588. The fourth-order valence-corrected chi connectivity index (χ4v) is 2.19. The molecule has 0 heterocycles. The highest BCUT2D eigenvalue weighted by molar-refractivity contribution is 6.42. The molecule has 2 aromatic rings. The average Bonchev–Trinajstić information content (AvgIpc) is 2.57. The van der Waals surface area contributed by atoms with E-state index in [4.69, 9.17) is 23.2 Å². The molecule has 0 spiro atoms. The molecule has 0 bridgehead atoms. The van der Waals surface area contributed by atoms with E-state index in [0.717, 1.165) is 0 Å². The number of hydrogen-bond donors (Lipinski definition) is 2. The van der Waals surface area contributed by atoms with Crippen molar-refractivity contribution in [2.75, 3.05) is 12.4 Å². The summed E-state index contributed by atoms with van der Waals surface area (Å²) in [5.41, 5.74) is 0.748. The van der Waals surface area contributed by atoms with E-state index in [1.165, 1.54) is 31.4 Å². The van der Waals surface area contributed by atoms with Gasteiger partial charge in [0.15, 0.2) is 5.75 Å². The van der Waals surface area contributed by atoms with Crippen LogP contribution in [0.1, 0.15) is 15.9 Å². The maximum Gasteiger partial charge on any atom is 0.341 e. The molecule has 124 valence electrons. The number of benzene rings is 2. The molecule has 24 heavy (non-hydrogen) atoms. The number of halogens is 2. The summed E-state index contributed by atoms with van der Waals surface area (Å²) < 4.78 is 4.55. The molecule has 0 aliphatic rings. The molecule has 1 amide bonds.